The van der Waals surface area contributed by atoms with Crippen LogP contribution in [0.15, 0.2) is 59.2 Å². The number of fused-ring (bicyclic) bond motifs is 1. The molecule has 2 aliphatic heterocycles. The molecule has 1 fully saturated rings. The number of amidine groups is 1. The fourth-order valence-corrected chi connectivity index (χ4v) is 4.07. The van der Waals surface area contributed by atoms with E-state index in [1.807, 2.05) is 0 Å². The first-order valence-corrected chi connectivity index (χ1v) is 10.3. The van der Waals surface area contributed by atoms with Gasteiger partial charge in [0.05, 0.1) is 5.56 Å². The van der Waals surface area contributed by atoms with Crippen LogP contribution in [0.1, 0.15) is 28.8 Å². The number of rotatable bonds is 3. The van der Waals surface area contributed by atoms with E-state index in [4.69, 9.17) is 16.3 Å². The lowest BCUT2D eigenvalue weighted by Gasteiger charge is -2.13. The van der Waals surface area contributed by atoms with Gasteiger partial charge in [-0.1, -0.05) is 35.5 Å². The summed E-state index contributed by atoms with van der Waals surface area (Å²) in [5.41, 5.74) is 1.69. The smallest absolute Gasteiger partial charge is 0.343 e. The number of carbonyl (C=O) groups is 2. The van der Waals surface area contributed by atoms with Crippen LogP contribution in [0.5, 0.6) is 5.75 Å². The third kappa shape index (κ3) is 4.13. The number of nitrogens with zero attached hydrogens (tertiary/aromatic N) is 2. The van der Waals surface area contributed by atoms with Gasteiger partial charge in [0.2, 0.25) is 0 Å². The van der Waals surface area contributed by atoms with E-state index in [1.54, 1.807) is 71.3 Å². The molecule has 1 saturated heterocycles. The summed E-state index contributed by atoms with van der Waals surface area (Å²) >= 11 is 7.46. The summed E-state index contributed by atoms with van der Waals surface area (Å²) in [7, 11) is 0. The molecule has 142 valence electrons. The first-order valence-electron chi connectivity index (χ1n) is 8.93. The molecule has 0 N–H and O–H groups in total. The molecule has 2 heterocycles. The number of ether oxygens (including phenoxy) is 1. The van der Waals surface area contributed by atoms with Crippen LogP contribution in [-0.2, 0) is 4.79 Å². The summed E-state index contributed by atoms with van der Waals surface area (Å²) in [6, 6.07) is 13.5. The highest BCUT2D eigenvalue weighted by Gasteiger charge is 2.31. The number of thioether (sulfide) groups is 1. The van der Waals surface area contributed by atoms with Gasteiger partial charge in [-0.05, 0) is 60.9 Å². The van der Waals surface area contributed by atoms with E-state index < -0.39 is 5.97 Å². The molecule has 0 unspecified atom stereocenters. The van der Waals surface area contributed by atoms with Crippen molar-refractivity contribution in [3.8, 4) is 5.75 Å². The van der Waals surface area contributed by atoms with Crippen LogP contribution in [0.4, 0.5) is 0 Å². The summed E-state index contributed by atoms with van der Waals surface area (Å²) in [6.45, 7) is 0.724. The zero-order valence-electron chi connectivity index (χ0n) is 14.9. The van der Waals surface area contributed by atoms with Crippen molar-refractivity contribution in [2.75, 3.05) is 12.3 Å². The number of hydrogen-bond acceptors (Lipinski definition) is 5. The Morgan fingerprint density at radius 3 is 2.61 bits per heavy atom. The Hall–Kier alpha value is -2.57. The Morgan fingerprint density at radius 1 is 1.11 bits per heavy atom. The molecule has 0 aliphatic carbocycles. The monoisotopic (exact) mass is 412 g/mol. The van der Waals surface area contributed by atoms with E-state index in [0.29, 0.717) is 22.0 Å². The average molecular weight is 413 g/mol. The van der Waals surface area contributed by atoms with Crippen molar-refractivity contribution >= 4 is 46.5 Å². The Morgan fingerprint density at radius 2 is 1.86 bits per heavy atom. The standard InChI is InChI=1S/C21H17ClN2O3S/c22-16-7-5-15(6-8-16)20(26)27-17-9-3-14(4-10-17)13-18-19(25)24-11-1-2-12-28-21(24)23-18/h3-10,13H,1-2,11-12H2/b18-13-. The van der Waals surface area contributed by atoms with Crippen molar-refractivity contribution < 1.29 is 14.3 Å². The Kier molecular flexibility index (Phi) is 5.50. The Bertz CT molecular complexity index is 968. The summed E-state index contributed by atoms with van der Waals surface area (Å²) in [6.07, 6.45) is 3.86. The van der Waals surface area contributed by atoms with Crippen molar-refractivity contribution in [3.05, 3.63) is 70.4 Å². The number of benzene rings is 2. The minimum absolute atomic E-state index is 0.0531. The highest BCUT2D eigenvalue weighted by molar-refractivity contribution is 8.13. The summed E-state index contributed by atoms with van der Waals surface area (Å²) in [5.74, 6) is 0.909. The maximum absolute atomic E-state index is 12.5. The summed E-state index contributed by atoms with van der Waals surface area (Å²) < 4.78 is 5.37. The number of aliphatic imine (C=N–C) groups is 1. The molecule has 0 saturated carbocycles. The molecular weight excluding hydrogens is 396 g/mol. The van der Waals surface area contributed by atoms with Crippen LogP contribution in [0, 0.1) is 0 Å². The zero-order valence-corrected chi connectivity index (χ0v) is 16.5. The van der Waals surface area contributed by atoms with E-state index in [2.05, 4.69) is 4.99 Å². The van der Waals surface area contributed by atoms with Gasteiger partial charge in [0.1, 0.15) is 11.4 Å². The fraction of sp³-hybridized carbons (Fsp3) is 0.190. The lowest BCUT2D eigenvalue weighted by molar-refractivity contribution is -0.122. The van der Waals surface area contributed by atoms with E-state index >= 15 is 0 Å². The number of hydrogen-bond donors (Lipinski definition) is 0. The van der Waals surface area contributed by atoms with Gasteiger partial charge >= 0.3 is 5.97 Å². The van der Waals surface area contributed by atoms with Crippen molar-refractivity contribution in [2.24, 2.45) is 4.99 Å². The lowest BCUT2D eigenvalue weighted by Crippen LogP contribution is -2.30. The quantitative estimate of drug-likeness (QED) is 0.419. The van der Waals surface area contributed by atoms with Gasteiger partial charge in [0.25, 0.3) is 5.91 Å². The molecule has 28 heavy (non-hydrogen) atoms. The van der Waals surface area contributed by atoms with E-state index in [0.717, 1.165) is 35.9 Å². The molecule has 0 atom stereocenters. The van der Waals surface area contributed by atoms with Crippen LogP contribution < -0.4 is 4.74 Å². The summed E-state index contributed by atoms with van der Waals surface area (Å²) in [5, 5.41) is 1.35. The third-order valence-corrected chi connectivity index (χ3v) is 5.71. The van der Waals surface area contributed by atoms with Crippen LogP contribution >= 0.6 is 23.4 Å². The molecule has 5 nitrogen and oxygen atoms in total. The highest BCUT2D eigenvalue weighted by atomic mass is 35.5. The molecule has 7 heteroatoms. The van der Waals surface area contributed by atoms with Crippen molar-refractivity contribution in [1.82, 2.24) is 4.90 Å². The fourth-order valence-electron chi connectivity index (χ4n) is 2.92. The largest absolute Gasteiger partial charge is 0.423 e. The van der Waals surface area contributed by atoms with E-state index in [-0.39, 0.29) is 5.91 Å². The molecule has 2 aromatic carbocycles. The van der Waals surface area contributed by atoms with E-state index in [1.165, 1.54) is 0 Å². The first kappa shape index (κ1) is 18.8. The molecule has 2 aliphatic rings. The first-order chi connectivity index (χ1) is 13.6. The van der Waals surface area contributed by atoms with Gasteiger partial charge in [-0.3, -0.25) is 9.69 Å². The van der Waals surface area contributed by atoms with Crippen LogP contribution in [-0.4, -0.2) is 34.2 Å². The summed E-state index contributed by atoms with van der Waals surface area (Å²) in [4.78, 5) is 30.9. The molecule has 1 amide bonds. The second kappa shape index (κ2) is 8.20. The zero-order chi connectivity index (χ0) is 19.5. The van der Waals surface area contributed by atoms with Crippen molar-refractivity contribution in [2.45, 2.75) is 12.8 Å². The Balaban J connectivity index is 1.46. The van der Waals surface area contributed by atoms with Crippen LogP contribution in [0.25, 0.3) is 6.08 Å². The normalized spacial score (nSPS) is 17.9. The highest BCUT2D eigenvalue weighted by Crippen LogP contribution is 2.27. The lowest BCUT2D eigenvalue weighted by atomic mass is 10.2. The molecule has 0 spiro atoms. The van der Waals surface area contributed by atoms with Gasteiger partial charge in [-0.15, -0.1) is 0 Å². The number of esters is 1. The molecule has 0 aromatic heterocycles. The second-order valence-corrected chi connectivity index (χ2v) is 7.90. The topological polar surface area (TPSA) is 59.0 Å². The predicted octanol–water partition coefficient (Wildman–Crippen LogP) is 4.63. The number of halogens is 1. The van der Waals surface area contributed by atoms with E-state index in [9.17, 15) is 9.59 Å². The molecule has 4 rings (SSSR count). The second-order valence-electron chi connectivity index (χ2n) is 6.40. The van der Waals surface area contributed by atoms with Gasteiger partial charge in [-0.2, -0.15) is 0 Å². The van der Waals surface area contributed by atoms with Gasteiger partial charge < -0.3 is 4.74 Å². The molecule has 0 bridgehead atoms. The Labute approximate surface area is 172 Å². The average Bonchev–Trinajstić information content (AvgIpc) is 2.86. The molecule has 0 radical (unpaired) electrons. The number of carbonyl (C=O) groups excluding carboxylic acids is 2. The van der Waals surface area contributed by atoms with Crippen molar-refractivity contribution in [3.63, 3.8) is 0 Å². The minimum Gasteiger partial charge on any atom is -0.423 e. The van der Waals surface area contributed by atoms with Crippen molar-refractivity contribution in [1.29, 1.82) is 0 Å². The van der Waals surface area contributed by atoms with Crippen LogP contribution in [0.2, 0.25) is 5.02 Å². The maximum atomic E-state index is 12.5. The van der Waals surface area contributed by atoms with Gasteiger partial charge in [-0.25, -0.2) is 9.79 Å². The number of amides is 1. The predicted molar refractivity (Wildman–Crippen MR) is 112 cm³/mol. The third-order valence-electron chi connectivity index (χ3n) is 4.39. The van der Waals surface area contributed by atoms with Gasteiger partial charge in [0, 0.05) is 17.3 Å². The maximum Gasteiger partial charge on any atom is 0.343 e. The van der Waals surface area contributed by atoms with Crippen LogP contribution in [0.3, 0.4) is 0 Å². The molecule has 2 aromatic rings. The van der Waals surface area contributed by atoms with Gasteiger partial charge in [0.15, 0.2) is 5.17 Å². The molecular formula is C21H17ClN2O3S. The SMILES string of the molecule is O=C(Oc1ccc(/C=C2\N=C3SCCCCN3C2=O)cc1)c1ccc(Cl)cc1. The minimum atomic E-state index is -0.454.